The van der Waals surface area contributed by atoms with E-state index in [9.17, 15) is 9.59 Å². The highest BCUT2D eigenvalue weighted by Gasteiger charge is 2.28. The molecule has 178 valence electrons. The van der Waals surface area contributed by atoms with Gasteiger partial charge in [0, 0.05) is 29.0 Å². The largest absolute Gasteiger partial charge is 0.354 e. The normalized spacial score (nSPS) is 16.6. The molecule has 0 radical (unpaired) electrons. The number of amides is 2. The van der Waals surface area contributed by atoms with Crippen molar-refractivity contribution in [1.82, 2.24) is 4.90 Å². The molecular formula is C28H27ClN4O2. The van der Waals surface area contributed by atoms with E-state index in [0.717, 1.165) is 48.4 Å². The van der Waals surface area contributed by atoms with Gasteiger partial charge >= 0.3 is 0 Å². The van der Waals surface area contributed by atoms with E-state index in [1.807, 2.05) is 67.7 Å². The van der Waals surface area contributed by atoms with E-state index in [1.54, 1.807) is 17.0 Å². The van der Waals surface area contributed by atoms with Gasteiger partial charge in [0.15, 0.2) is 0 Å². The molecule has 2 aliphatic rings. The molecule has 0 bridgehead atoms. The Balaban J connectivity index is 1.43. The Bertz CT molecular complexity index is 1280. The van der Waals surface area contributed by atoms with Crippen LogP contribution < -0.4 is 15.5 Å². The second kappa shape index (κ2) is 9.94. The van der Waals surface area contributed by atoms with E-state index in [0.29, 0.717) is 28.5 Å². The van der Waals surface area contributed by atoms with Crippen LogP contribution in [-0.4, -0.2) is 43.4 Å². The number of nitrogens with one attached hydrogen (secondary N) is 2. The zero-order valence-corrected chi connectivity index (χ0v) is 20.3. The van der Waals surface area contributed by atoms with Crippen LogP contribution in [0.4, 0.5) is 17.1 Å². The van der Waals surface area contributed by atoms with E-state index < -0.39 is 0 Å². The van der Waals surface area contributed by atoms with Crippen LogP contribution in [0.25, 0.3) is 11.3 Å². The van der Waals surface area contributed by atoms with E-state index in [2.05, 4.69) is 15.5 Å². The lowest BCUT2D eigenvalue weighted by Gasteiger charge is -2.22. The first-order valence-corrected chi connectivity index (χ1v) is 12.1. The molecule has 0 saturated carbocycles. The zero-order valence-electron chi connectivity index (χ0n) is 19.6. The van der Waals surface area contributed by atoms with E-state index in [-0.39, 0.29) is 11.8 Å². The number of fused-ring (bicyclic) bond motifs is 1. The molecule has 3 aromatic carbocycles. The first-order valence-electron chi connectivity index (χ1n) is 11.8. The number of hydrogen-bond donors (Lipinski definition) is 2. The Morgan fingerprint density at radius 2 is 1.74 bits per heavy atom. The molecule has 0 aromatic heterocycles. The first-order chi connectivity index (χ1) is 17.0. The number of nitrogens with zero attached hydrogens (tertiary/aromatic N) is 2. The summed E-state index contributed by atoms with van der Waals surface area (Å²) in [6.45, 7) is 2.42. The second-order valence-electron chi connectivity index (χ2n) is 8.87. The molecule has 0 aliphatic carbocycles. The van der Waals surface area contributed by atoms with Crippen LogP contribution in [0.15, 0.2) is 72.8 Å². The highest BCUT2D eigenvalue weighted by atomic mass is 35.5. The molecule has 7 heteroatoms. The van der Waals surface area contributed by atoms with Crippen molar-refractivity contribution in [3.8, 4) is 0 Å². The third-order valence-electron chi connectivity index (χ3n) is 6.49. The number of likely N-dealkylation sites (tertiary alicyclic amines) is 1. The Morgan fingerprint density at radius 1 is 1.03 bits per heavy atom. The fourth-order valence-corrected chi connectivity index (χ4v) is 4.74. The smallest absolute Gasteiger partial charge is 0.258 e. The van der Waals surface area contributed by atoms with Gasteiger partial charge in [-0.3, -0.25) is 14.5 Å². The van der Waals surface area contributed by atoms with Crippen molar-refractivity contribution in [2.75, 3.05) is 42.2 Å². The summed E-state index contributed by atoms with van der Waals surface area (Å²) in [4.78, 5) is 29.6. The average Bonchev–Trinajstić information content (AvgIpc) is 3.49. The molecule has 3 aromatic rings. The quantitative estimate of drug-likeness (QED) is 0.462. The van der Waals surface area contributed by atoms with Crippen LogP contribution in [0.5, 0.6) is 0 Å². The van der Waals surface area contributed by atoms with Crippen molar-refractivity contribution in [1.29, 1.82) is 0 Å². The number of carbonyl (C=O) groups is 2. The summed E-state index contributed by atoms with van der Waals surface area (Å²) in [7, 11) is 1.81. The molecule has 2 amide bonds. The molecular weight excluding hydrogens is 460 g/mol. The predicted molar refractivity (Wildman–Crippen MR) is 142 cm³/mol. The minimum atomic E-state index is -0.183. The molecule has 35 heavy (non-hydrogen) atoms. The molecule has 2 N–H and O–H groups in total. The Labute approximate surface area is 210 Å². The number of benzene rings is 3. The molecule has 2 aliphatic heterocycles. The number of likely N-dealkylation sites (N-methyl/N-ethyl adjacent to an activating group) is 1. The summed E-state index contributed by atoms with van der Waals surface area (Å²) in [5.41, 5.74) is 5.29. The minimum absolute atomic E-state index is 0.0811. The van der Waals surface area contributed by atoms with Crippen molar-refractivity contribution in [3.05, 3.63) is 88.9 Å². The van der Waals surface area contributed by atoms with Crippen LogP contribution in [0.2, 0.25) is 5.02 Å². The monoisotopic (exact) mass is 486 g/mol. The lowest BCUT2D eigenvalue weighted by atomic mass is 10.00. The molecule has 5 rings (SSSR count). The van der Waals surface area contributed by atoms with E-state index in [4.69, 9.17) is 11.6 Å². The van der Waals surface area contributed by atoms with Gasteiger partial charge in [-0.05, 0) is 67.9 Å². The van der Waals surface area contributed by atoms with Crippen molar-refractivity contribution in [2.45, 2.75) is 12.8 Å². The summed E-state index contributed by atoms with van der Waals surface area (Å²) in [6, 6.07) is 22.8. The summed E-state index contributed by atoms with van der Waals surface area (Å²) < 4.78 is 0. The summed E-state index contributed by atoms with van der Waals surface area (Å²) in [5.74, 6) is -0.102. The SMILES string of the molecule is CN(C(=O)CN1CCCC1)c1ccc(N/C(=C2\C(=O)Nc3cc(Cl)ccc32)c2ccccc2)cc1. The van der Waals surface area contributed by atoms with Crippen LogP contribution in [0.1, 0.15) is 24.0 Å². The van der Waals surface area contributed by atoms with Gasteiger partial charge in [-0.1, -0.05) is 48.0 Å². The fourth-order valence-electron chi connectivity index (χ4n) is 4.57. The summed E-state index contributed by atoms with van der Waals surface area (Å²) in [6.07, 6.45) is 2.32. The maximum atomic E-state index is 13.0. The van der Waals surface area contributed by atoms with Crippen LogP contribution in [-0.2, 0) is 9.59 Å². The third kappa shape index (κ3) is 4.94. The molecule has 0 atom stereocenters. The number of carbonyl (C=O) groups excluding carboxylic acids is 2. The average molecular weight is 487 g/mol. The predicted octanol–water partition coefficient (Wildman–Crippen LogP) is 5.33. The number of rotatable bonds is 6. The Kier molecular flexibility index (Phi) is 6.57. The van der Waals surface area contributed by atoms with E-state index in [1.165, 1.54) is 0 Å². The zero-order chi connectivity index (χ0) is 24.4. The van der Waals surface area contributed by atoms with Gasteiger partial charge < -0.3 is 15.5 Å². The second-order valence-corrected chi connectivity index (χ2v) is 9.30. The fraction of sp³-hybridized carbons (Fsp3) is 0.214. The molecule has 1 fully saturated rings. The van der Waals surface area contributed by atoms with Gasteiger partial charge in [0.05, 0.1) is 23.5 Å². The third-order valence-corrected chi connectivity index (χ3v) is 6.73. The first kappa shape index (κ1) is 23.1. The van der Waals surface area contributed by atoms with Gasteiger partial charge in [0.2, 0.25) is 5.91 Å². The van der Waals surface area contributed by atoms with Crippen LogP contribution >= 0.6 is 11.6 Å². The van der Waals surface area contributed by atoms with Crippen LogP contribution in [0.3, 0.4) is 0 Å². The van der Waals surface area contributed by atoms with Gasteiger partial charge in [-0.2, -0.15) is 0 Å². The standard InChI is InChI=1S/C28H27ClN4O2/c1-32(25(34)18-33-15-5-6-16-33)22-12-10-21(11-13-22)30-27(19-7-3-2-4-8-19)26-23-14-9-20(29)17-24(23)31-28(26)35/h2-4,7-14,17,30H,5-6,15-16,18H2,1H3,(H,31,35)/b27-26-. The molecule has 2 heterocycles. The van der Waals surface area contributed by atoms with Crippen LogP contribution in [0, 0.1) is 0 Å². The number of halogens is 1. The van der Waals surface area contributed by atoms with Gasteiger partial charge in [-0.25, -0.2) is 0 Å². The number of anilines is 3. The van der Waals surface area contributed by atoms with E-state index >= 15 is 0 Å². The highest BCUT2D eigenvalue weighted by molar-refractivity contribution is 6.38. The lowest BCUT2D eigenvalue weighted by Crippen LogP contribution is -2.37. The summed E-state index contributed by atoms with van der Waals surface area (Å²) in [5, 5.41) is 6.94. The maximum Gasteiger partial charge on any atom is 0.258 e. The highest BCUT2D eigenvalue weighted by Crippen LogP contribution is 2.38. The minimum Gasteiger partial charge on any atom is -0.354 e. The van der Waals surface area contributed by atoms with Crippen molar-refractivity contribution < 1.29 is 9.59 Å². The topological polar surface area (TPSA) is 64.7 Å². The van der Waals surface area contributed by atoms with Crippen molar-refractivity contribution in [3.63, 3.8) is 0 Å². The lowest BCUT2D eigenvalue weighted by molar-refractivity contribution is -0.119. The maximum absolute atomic E-state index is 13.0. The van der Waals surface area contributed by atoms with Gasteiger partial charge in [0.1, 0.15) is 0 Å². The van der Waals surface area contributed by atoms with Crippen molar-refractivity contribution >= 4 is 51.7 Å². The van der Waals surface area contributed by atoms with Crippen molar-refractivity contribution in [2.24, 2.45) is 0 Å². The summed E-state index contributed by atoms with van der Waals surface area (Å²) >= 11 is 6.14. The molecule has 1 saturated heterocycles. The Hall–Kier alpha value is -3.61. The molecule has 0 unspecified atom stereocenters. The van der Waals surface area contributed by atoms with Gasteiger partial charge in [-0.15, -0.1) is 0 Å². The Morgan fingerprint density at radius 3 is 2.46 bits per heavy atom. The van der Waals surface area contributed by atoms with Gasteiger partial charge in [0.25, 0.3) is 5.91 Å². The molecule has 6 nitrogen and oxygen atoms in total. The molecule has 0 spiro atoms. The number of hydrogen-bond acceptors (Lipinski definition) is 4.